The third kappa shape index (κ3) is 6.51. The number of hydrogen-bond acceptors (Lipinski definition) is 5. The average Bonchev–Trinajstić information content (AvgIpc) is 2.73. The second-order valence-corrected chi connectivity index (χ2v) is 7.55. The molecule has 3 rings (SSSR count). The van der Waals surface area contributed by atoms with E-state index in [4.69, 9.17) is 4.74 Å². The van der Waals surface area contributed by atoms with Crippen molar-refractivity contribution in [1.82, 2.24) is 9.80 Å². The van der Waals surface area contributed by atoms with Crippen LogP contribution in [0.4, 0.5) is 0 Å². The Balaban J connectivity index is 1.50. The van der Waals surface area contributed by atoms with E-state index >= 15 is 0 Å². The smallest absolute Gasteiger partial charge is 0.313 e. The lowest BCUT2D eigenvalue weighted by molar-refractivity contribution is -0.145. The summed E-state index contributed by atoms with van der Waals surface area (Å²) in [6, 6.07) is 21.7. The Morgan fingerprint density at radius 1 is 0.897 bits per heavy atom. The molecule has 0 aliphatic carbocycles. The second-order valence-electron chi connectivity index (χ2n) is 7.55. The molecule has 1 aliphatic heterocycles. The van der Waals surface area contributed by atoms with Crippen LogP contribution in [0, 0.1) is 0 Å². The maximum absolute atomic E-state index is 11.4. The average molecular weight is 395 g/mol. The van der Waals surface area contributed by atoms with Gasteiger partial charge in [-0.2, -0.15) is 0 Å². The monoisotopic (exact) mass is 394 g/mol. The van der Waals surface area contributed by atoms with E-state index < -0.39 is 5.97 Å². The van der Waals surface area contributed by atoms with Gasteiger partial charge in [0.25, 0.3) is 0 Å². The van der Waals surface area contributed by atoms with Crippen LogP contribution in [0.3, 0.4) is 0 Å². The number of ether oxygens (including phenoxy) is 1. The van der Waals surface area contributed by atoms with Crippen molar-refractivity contribution in [2.75, 3.05) is 39.3 Å². The van der Waals surface area contributed by atoms with E-state index in [9.17, 15) is 9.59 Å². The Labute approximate surface area is 173 Å². The Kier molecular flexibility index (Phi) is 7.96. The molecule has 2 aromatic carbocycles. The molecule has 0 saturated carbocycles. The van der Waals surface area contributed by atoms with Crippen molar-refractivity contribution in [3.8, 4) is 0 Å². The summed E-state index contributed by atoms with van der Waals surface area (Å²) in [4.78, 5) is 27.3. The van der Waals surface area contributed by atoms with Gasteiger partial charge in [0.15, 0.2) is 0 Å². The first-order valence-electron chi connectivity index (χ1n) is 10.3. The van der Waals surface area contributed by atoms with E-state index in [1.165, 1.54) is 18.1 Å². The molecule has 1 saturated heterocycles. The van der Waals surface area contributed by atoms with Crippen molar-refractivity contribution in [3.63, 3.8) is 0 Å². The minimum atomic E-state index is -0.420. The van der Waals surface area contributed by atoms with Gasteiger partial charge < -0.3 is 9.64 Å². The molecule has 0 N–H and O–H groups in total. The van der Waals surface area contributed by atoms with Crippen LogP contribution in [-0.2, 0) is 14.3 Å². The minimum Gasteiger partial charge on any atom is -0.465 e. The summed E-state index contributed by atoms with van der Waals surface area (Å²) in [5, 5.41) is 0. The highest BCUT2D eigenvalue weighted by atomic mass is 16.5. The number of carbonyl (C=O) groups excluding carboxylic acids is 2. The number of nitrogens with zero attached hydrogens (tertiary/aromatic N) is 2. The molecule has 1 heterocycles. The fourth-order valence-electron chi connectivity index (χ4n) is 3.86. The van der Waals surface area contributed by atoms with Crippen LogP contribution in [0.15, 0.2) is 60.7 Å². The van der Waals surface area contributed by atoms with Crippen molar-refractivity contribution in [2.24, 2.45) is 0 Å². The van der Waals surface area contributed by atoms with Gasteiger partial charge in [0, 0.05) is 32.7 Å². The SMILES string of the molecule is CC(=O)CC(=O)OCCCN1CCN(C(c2ccccc2)c2ccccc2)CC1. The molecule has 0 amide bonds. The van der Waals surface area contributed by atoms with E-state index in [1.807, 2.05) is 0 Å². The molecule has 0 radical (unpaired) electrons. The largest absolute Gasteiger partial charge is 0.465 e. The Hall–Kier alpha value is -2.50. The summed E-state index contributed by atoms with van der Waals surface area (Å²) in [6.07, 6.45) is 0.670. The Bertz CT molecular complexity index is 732. The Morgan fingerprint density at radius 2 is 1.45 bits per heavy atom. The predicted octanol–water partition coefficient (Wildman–Crippen LogP) is 3.31. The lowest BCUT2D eigenvalue weighted by Crippen LogP contribution is -2.48. The molecule has 154 valence electrons. The van der Waals surface area contributed by atoms with Crippen molar-refractivity contribution in [3.05, 3.63) is 71.8 Å². The number of Topliss-reactive ketones (excluding diaryl/α,β-unsaturated/α-hetero) is 1. The summed E-state index contributed by atoms with van der Waals surface area (Å²) in [5.41, 5.74) is 2.65. The molecule has 0 unspecified atom stereocenters. The highest BCUT2D eigenvalue weighted by Crippen LogP contribution is 2.29. The second kappa shape index (κ2) is 10.9. The molecule has 5 heteroatoms. The number of carbonyl (C=O) groups is 2. The molecule has 0 spiro atoms. The summed E-state index contributed by atoms with van der Waals surface area (Å²) in [7, 11) is 0. The molecule has 5 nitrogen and oxygen atoms in total. The van der Waals surface area contributed by atoms with Gasteiger partial charge in [0.05, 0.1) is 12.6 Å². The van der Waals surface area contributed by atoms with Crippen molar-refractivity contribution in [2.45, 2.75) is 25.8 Å². The molecule has 0 aromatic heterocycles. The van der Waals surface area contributed by atoms with Gasteiger partial charge in [0.2, 0.25) is 0 Å². The fourth-order valence-corrected chi connectivity index (χ4v) is 3.86. The maximum atomic E-state index is 11.4. The van der Waals surface area contributed by atoms with E-state index in [0.29, 0.717) is 6.61 Å². The number of piperazine rings is 1. The van der Waals surface area contributed by atoms with Crippen LogP contribution in [0.25, 0.3) is 0 Å². The van der Waals surface area contributed by atoms with Crippen molar-refractivity contribution >= 4 is 11.8 Å². The highest BCUT2D eigenvalue weighted by Gasteiger charge is 2.26. The number of esters is 1. The molecule has 2 aromatic rings. The summed E-state index contributed by atoms with van der Waals surface area (Å²) in [6.45, 7) is 6.68. The predicted molar refractivity (Wildman–Crippen MR) is 114 cm³/mol. The molecule has 1 fully saturated rings. The standard InChI is InChI=1S/C24H30N2O3/c1-20(27)19-23(28)29-18-8-13-25-14-16-26(17-15-25)24(21-9-4-2-5-10-21)22-11-6-3-7-12-22/h2-7,9-12,24H,8,13-19H2,1H3. The van der Waals surface area contributed by atoms with Crippen LogP contribution < -0.4 is 0 Å². The lowest BCUT2D eigenvalue weighted by atomic mass is 9.96. The van der Waals surface area contributed by atoms with Gasteiger partial charge >= 0.3 is 5.97 Å². The van der Waals surface area contributed by atoms with Gasteiger partial charge in [-0.15, -0.1) is 0 Å². The zero-order chi connectivity index (χ0) is 20.5. The summed E-state index contributed by atoms with van der Waals surface area (Å²) < 4.78 is 5.12. The van der Waals surface area contributed by atoms with E-state index in [0.717, 1.165) is 39.1 Å². The number of ketones is 1. The topological polar surface area (TPSA) is 49.9 Å². The highest BCUT2D eigenvalue weighted by molar-refractivity contribution is 5.94. The van der Waals surface area contributed by atoms with Crippen molar-refractivity contribution in [1.29, 1.82) is 0 Å². The normalized spacial score (nSPS) is 15.4. The van der Waals surface area contributed by atoms with Gasteiger partial charge in [-0.05, 0) is 24.5 Å². The van der Waals surface area contributed by atoms with Crippen LogP contribution in [0.1, 0.15) is 36.9 Å². The third-order valence-electron chi connectivity index (χ3n) is 5.28. The first-order chi connectivity index (χ1) is 14.1. The van der Waals surface area contributed by atoms with Crippen LogP contribution in [0.5, 0.6) is 0 Å². The van der Waals surface area contributed by atoms with Gasteiger partial charge in [-0.3, -0.25) is 14.5 Å². The molecular weight excluding hydrogens is 364 g/mol. The molecule has 1 aliphatic rings. The lowest BCUT2D eigenvalue weighted by Gasteiger charge is -2.39. The van der Waals surface area contributed by atoms with Crippen LogP contribution >= 0.6 is 0 Å². The quantitative estimate of drug-likeness (QED) is 0.371. The van der Waals surface area contributed by atoms with Crippen LogP contribution in [-0.4, -0.2) is 60.9 Å². The summed E-state index contributed by atoms with van der Waals surface area (Å²) in [5.74, 6) is -0.576. The Morgan fingerprint density at radius 3 is 1.97 bits per heavy atom. The van der Waals surface area contributed by atoms with Crippen molar-refractivity contribution < 1.29 is 14.3 Å². The zero-order valence-electron chi connectivity index (χ0n) is 17.1. The molecule has 29 heavy (non-hydrogen) atoms. The van der Waals surface area contributed by atoms with Gasteiger partial charge in [0.1, 0.15) is 12.2 Å². The minimum absolute atomic E-state index is 0.126. The van der Waals surface area contributed by atoms with E-state index in [1.54, 1.807) is 0 Å². The number of rotatable bonds is 9. The fraction of sp³-hybridized carbons (Fsp3) is 0.417. The maximum Gasteiger partial charge on any atom is 0.313 e. The van der Waals surface area contributed by atoms with Crippen LogP contribution in [0.2, 0.25) is 0 Å². The first kappa shape index (κ1) is 21.2. The number of hydrogen-bond donors (Lipinski definition) is 0. The zero-order valence-corrected chi connectivity index (χ0v) is 17.1. The number of benzene rings is 2. The molecule has 0 bridgehead atoms. The van der Waals surface area contributed by atoms with E-state index in [-0.39, 0.29) is 18.2 Å². The van der Waals surface area contributed by atoms with Gasteiger partial charge in [-0.25, -0.2) is 0 Å². The molecular formula is C24H30N2O3. The van der Waals surface area contributed by atoms with Gasteiger partial charge in [-0.1, -0.05) is 60.7 Å². The molecule has 0 atom stereocenters. The summed E-state index contributed by atoms with van der Waals surface area (Å²) >= 11 is 0. The third-order valence-corrected chi connectivity index (χ3v) is 5.28. The van der Waals surface area contributed by atoms with E-state index in [2.05, 4.69) is 70.5 Å². The first-order valence-corrected chi connectivity index (χ1v) is 10.3.